The molecule has 1 aromatic carbocycles. The van der Waals surface area contributed by atoms with Crippen LogP contribution < -0.4 is 10.1 Å². The molecule has 8 nitrogen and oxygen atoms in total. The molecular weight excluding hydrogens is 415 g/mol. The van der Waals surface area contributed by atoms with Crippen LogP contribution in [0.5, 0.6) is 5.75 Å². The fourth-order valence-corrected chi connectivity index (χ4v) is 3.28. The van der Waals surface area contributed by atoms with Crippen molar-refractivity contribution in [2.45, 2.75) is 12.8 Å². The number of piperazine rings is 1. The Morgan fingerprint density at radius 2 is 1.69 bits per heavy atom. The number of ether oxygens (including phenoxy) is 1. The molecule has 0 atom stereocenters. The zero-order valence-corrected chi connectivity index (χ0v) is 16.6. The second-order valence-electron chi connectivity index (χ2n) is 6.66. The molecule has 1 aromatic rings. The van der Waals surface area contributed by atoms with Gasteiger partial charge in [0.15, 0.2) is 0 Å². The summed E-state index contributed by atoms with van der Waals surface area (Å²) >= 11 is 0. The first-order valence-electron chi connectivity index (χ1n) is 8.75. The number of hydrogen-bond donors (Lipinski definition) is 1. The van der Waals surface area contributed by atoms with Crippen molar-refractivity contribution in [2.24, 2.45) is 0 Å². The molecule has 0 spiro atoms. The lowest BCUT2D eigenvalue weighted by Gasteiger charge is -2.34. The lowest BCUT2D eigenvalue weighted by Crippen LogP contribution is -2.50. The van der Waals surface area contributed by atoms with Crippen LogP contribution in [0.3, 0.4) is 0 Å². The second kappa shape index (κ2) is 9.44. The summed E-state index contributed by atoms with van der Waals surface area (Å²) in [5, 5.41) is 2.59. The number of halogens is 3. The maximum absolute atomic E-state index is 12.1. The summed E-state index contributed by atoms with van der Waals surface area (Å²) < 4.78 is 62.5. The highest BCUT2D eigenvalue weighted by Gasteiger charge is 2.31. The number of sulfone groups is 1. The predicted octanol–water partition coefficient (Wildman–Crippen LogP) is 1.10. The Morgan fingerprint density at radius 3 is 2.21 bits per heavy atom. The number of anilines is 1. The minimum absolute atomic E-state index is 0.0617. The molecule has 12 heteroatoms. The summed E-state index contributed by atoms with van der Waals surface area (Å²) in [6.45, 7) is 1.75. The quantitative estimate of drug-likeness (QED) is 0.687. The molecule has 0 radical (unpaired) electrons. The minimum atomic E-state index is -4.78. The molecular formula is C17H22F3N3O5S. The zero-order chi connectivity index (χ0) is 21.7. The molecule has 2 amide bonds. The van der Waals surface area contributed by atoms with E-state index in [2.05, 4.69) is 10.1 Å². The van der Waals surface area contributed by atoms with Gasteiger partial charge in [-0.25, -0.2) is 8.42 Å². The Bertz CT molecular complexity index is 820. The van der Waals surface area contributed by atoms with Gasteiger partial charge in [-0.15, -0.1) is 13.2 Å². The standard InChI is InChI=1S/C17H22F3N3O5S/c1-29(26,27)11-6-16(25)23-9-7-22(8-10-23)12-15(24)21-13-2-4-14(5-3-13)28-17(18,19)20/h2-5H,6-12H2,1H3,(H,21,24). The first-order chi connectivity index (χ1) is 13.4. The van der Waals surface area contributed by atoms with Crippen LogP contribution in [-0.4, -0.2) is 81.1 Å². The average Bonchev–Trinajstić information content (AvgIpc) is 2.60. The van der Waals surface area contributed by atoms with Crippen molar-refractivity contribution in [3.8, 4) is 5.75 Å². The van der Waals surface area contributed by atoms with Gasteiger partial charge in [0.2, 0.25) is 11.8 Å². The summed E-state index contributed by atoms with van der Waals surface area (Å²) in [5.74, 6) is -1.15. The van der Waals surface area contributed by atoms with E-state index in [1.807, 2.05) is 4.90 Å². The number of amides is 2. The Labute approximate surface area is 166 Å². The van der Waals surface area contributed by atoms with E-state index in [4.69, 9.17) is 0 Å². The van der Waals surface area contributed by atoms with E-state index in [-0.39, 0.29) is 36.3 Å². The highest BCUT2D eigenvalue weighted by Crippen LogP contribution is 2.23. The molecule has 162 valence electrons. The van der Waals surface area contributed by atoms with Crippen LogP contribution >= 0.6 is 0 Å². The van der Waals surface area contributed by atoms with Gasteiger partial charge >= 0.3 is 6.36 Å². The van der Waals surface area contributed by atoms with E-state index in [1.165, 1.54) is 12.1 Å². The molecule has 1 aliphatic rings. The van der Waals surface area contributed by atoms with E-state index >= 15 is 0 Å². The topological polar surface area (TPSA) is 96.0 Å². The lowest BCUT2D eigenvalue weighted by atomic mass is 10.2. The molecule has 0 bridgehead atoms. The SMILES string of the molecule is CS(=O)(=O)CCC(=O)N1CCN(CC(=O)Nc2ccc(OC(F)(F)F)cc2)CC1. The van der Waals surface area contributed by atoms with Crippen LogP contribution in [-0.2, 0) is 19.4 Å². The fraction of sp³-hybridized carbons (Fsp3) is 0.529. The van der Waals surface area contributed by atoms with Gasteiger partial charge in [-0.2, -0.15) is 0 Å². The van der Waals surface area contributed by atoms with Crippen LogP contribution in [0.2, 0.25) is 0 Å². The van der Waals surface area contributed by atoms with Gasteiger partial charge in [0.25, 0.3) is 0 Å². The van der Waals surface area contributed by atoms with Gasteiger partial charge in [-0.3, -0.25) is 14.5 Å². The molecule has 1 fully saturated rings. The van der Waals surface area contributed by atoms with E-state index in [0.717, 1.165) is 18.4 Å². The normalized spacial score (nSPS) is 15.8. The van der Waals surface area contributed by atoms with Gasteiger partial charge < -0.3 is 15.0 Å². The molecule has 1 N–H and O–H groups in total. The molecule has 1 heterocycles. The number of nitrogens with one attached hydrogen (secondary N) is 1. The Balaban J connectivity index is 1.75. The molecule has 29 heavy (non-hydrogen) atoms. The Hall–Kier alpha value is -2.34. The van der Waals surface area contributed by atoms with E-state index in [9.17, 15) is 31.2 Å². The second-order valence-corrected chi connectivity index (χ2v) is 8.92. The van der Waals surface area contributed by atoms with Crippen molar-refractivity contribution in [2.75, 3.05) is 50.0 Å². The van der Waals surface area contributed by atoms with Crippen molar-refractivity contribution in [1.29, 1.82) is 0 Å². The summed E-state index contributed by atoms with van der Waals surface area (Å²) in [6.07, 6.45) is -3.76. The molecule has 0 aromatic heterocycles. The van der Waals surface area contributed by atoms with Crippen LogP contribution in [0.25, 0.3) is 0 Å². The zero-order valence-electron chi connectivity index (χ0n) is 15.7. The molecule has 1 aliphatic heterocycles. The number of hydrogen-bond acceptors (Lipinski definition) is 6. The minimum Gasteiger partial charge on any atom is -0.406 e. The smallest absolute Gasteiger partial charge is 0.406 e. The van der Waals surface area contributed by atoms with Gasteiger partial charge in [-0.05, 0) is 24.3 Å². The molecule has 0 aliphatic carbocycles. The maximum atomic E-state index is 12.1. The molecule has 1 saturated heterocycles. The van der Waals surface area contributed by atoms with Crippen LogP contribution in [0, 0.1) is 0 Å². The first-order valence-corrected chi connectivity index (χ1v) is 10.8. The fourth-order valence-electron chi connectivity index (χ4n) is 2.73. The third kappa shape index (κ3) is 8.69. The van der Waals surface area contributed by atoms with Gasteiger partial charge in [0.05, 0.1) is 12.3 Å². The maximum Gasteiger partial charge on any atom is 0.573 e. The monoisotopic (exact) mass is 437 g/mol. The first kappa shape index (κ1) is 22.9. The average molecular weight is 437 g/mol. The van der Waals surface area contributed by atoms with Crippen molar-refractivity contribution >= 4 is 27.3 Å². The van der Waals surface area contributed by atoms with Crippen molar-refractivity contribution < 1.29 is 35.9 Å². The predicted molar refractivity (Wildman–Crippen MR) is 99.1 cm³/mol. The number of benzene rings is 1. The summed E-state index contributed by atoms with van der Waals surface area (Å²) in [4.78, 5) is 27.5. The molecule has 0 unspecified atom stereocenters. The van der Waals surface area contributed by atoms with Crippen molar-refractivity contribution in [3.05, 3.63) is 24.3 Å². The number of carbonyl (C=O) groups is 2. The Kier molecular flexibility index (Phi) is 7.47. The number of carbonyl (C=O) groups excluding carboxylic acids is 2. The number of rotatable bonds is 7. The summed E-state index contributed by atoms with van der Waals surface area (Å²) in [5.41, 5.74) is 0.333. The lowest BCUT2D eigenvalue weighted by molar-refractivity contribution is -0.274. The van der Waals surface area contributed by atoms with Crippen LogP contribution in [0.4, 0.5) is 18.9 Å². The third-order valence-corrected chi connectivity index (χ3v) is 5.10. The van der Waals surface area contributed by atoms with E-state index < -0.39 is 16.2 Å². The number of alkyl halides is 3. The number of nitrogens with zero attached hydrogens (tertiary/aromatic N) is 2. The van der Waals surface area contributed by atoms with Gasteiger partial charge in [0, 0.05) is 44.5 Å². The third-order valence-electron chi connectivity index (χ3n) is 4.15. The highest BCUT2D eigenvalue weighted by molar-refractivity contribution is 7.90. The molecule has 0 saturated carbocycles. The van der Waals surface area contributed by atoms with E-state index in [1.54, 1.807) is 4.90 Å². The van der Waals surface area contributed by atoms with Crippen LogP contribution in [0.1, 0.15) is 6.42 Å². The van der Waals surface area contributed by atoms with Crippen LogP contribution in [0.15, 0.2) is 24.3 Å². The van der Waals surface area contributed by atoms with Gasteiger partial charge in [-0.1, -0.05) is 0 Å². The Morgan fingerprint density at radius 1 is 1.10 bits per heavy atom. The van der Waals surface area contributed by atoms with E-state index in [0.29, 0.717) is 31.9 Å². The van der Waals surface area contributed by atoms with Gasteiger partial charge in [0.1, 0.15) is 15.6 Å². The summed E-state index contributed by atoms with van der Waals surface area (Å²) in [7, 11) is -3.20. The highest BCUT2D eigenvalue weighted by atomic mass is 32.2. The largest absolute Gasteiger partial charge is 0.573 e. The summed E-state index contributed by atoms with van der Waals surface area (Å²) in [6, 6.07) is 4.81. The molecule has 2 rings (SSSR count). The van der Waals surface area contributed by atoms with Crippen molar-refractivity contribution in [1.82, 2.24) is 9.80 Å². The van der Waals surface area contributed by atoms with Crippen molar-refractivity contribution in [3.63, 3.8) is 0 Å².